The standard InChI is InChI=1S/C19H20N4O/c1-12-8-16(17-11-21-23(2)18(17)22-12)19(24)20-10-14-9-15(14)13-6-4-3-5-7-13/h3-8,11,14-15H,9-10H2,1-2H3,(H,20,24). The highest BCUT2D eigenvalue weighted by molar-refractivity contribution is 6.05. The second kappa shape index (κ2) is 5.74. The monoisotopic (exact) mass is 320 g/mol. The maximum absolute atomic E-state index is 12.6. The van der Waals surface area contributed by atoms with Gasteiger partial charge in [-0.25, -0.2) is 4.98 Å². The molecule has 0 saturated heterocycles. The van der Waals surface area contributed by atoms with E-state index < -0.39 is 0 Å². The van der Waals surface area contributed by atoms with Crippen molar-refractivity contribution >= 4 is 16.9 Å². The van der Waals surface area contributed by atoms with Crippen LogP contribution in [0.3, 0.4) is 0 Å². The van der Waals surface area contributed by atoms with Crippen molar-refractivity contribution in [3.8, 4) is 0 Å². The molecule has 1 N–H and O–H groups in total. The summed E-state index contributed by atoms with van der Waals surface area (Å²) in [6.07, 6.45) is 2.85. The fourth-order valence-corrected chi connectivity index (χ4v) is 3.33. The number of benzene rings is 1. The number of nitrogens with one attached hydrogen (secondary N) is 1. The molecule has 2 atom stereocenters. The van der Waals surface area contributed by atoms with E-state index in [-0.39, 0.29) is 5.91 Å². The summed E-state index contributed by atoms with van der Waals surface area (Å²) in [6.45, 7) is 2.61. The quantitative estimate of drug-likeness (QED) is 0.804. The maximum atomic E-state index is 12.6. The van der Waals surface area contributed by atoms with Gasteiger partial charge in [0.15, 0.2) is 5.65 Å². The van der Waals surface area contributed by atoms with Crippen molar-refractivity contribution in [3.63, 3.8) is 0 Å². The Morgan fingerprint density at radius 2 is 2.12 bits per heavy atom. The first kappa shape index (κ1) is 14.9. The van der Waals surface area contributed by atoms with Crippen molar-refractivity contribution < 1.29 is 4.79 Å². The van der Waals surface area contributed by atoms with Crippen LogP contribution in [0.25, 0.3) is 11.0 Å². The Bertz CT molecular complexity index is 900. The van der Waals surface area contributed by atoms with Crippen LogP contribution in [-0.2, 0) is 7.05 Å². The summed E-state index contributed by atoms with van der Waals surface area (Å²) in [7, 11) is 1.84. The van der Waals surface area contributed by atoms with Crippen LogP contribution in [0.4, 0.5) is 0 Å². The molecule has 24 heavy (non-hydrogen) atoms. The molecule has 0 radical (unpaired) electrons. The summed E-state index contributed by atoms with van der Waals surface area (Å²) in [4.78, 5) is 17.1. The predicted octanol–water partition coefficient (Wildman–Crippen LogP) is 2.81. The van der Waals surface area contributed by atoms with Crippen LogP contribution >= 0.6 is 0 Å². The number of aromatic nitrogens is 3. The van der Waals surface area contributed by atoms with E-state index in [0.29, 0.717) is 23.9 Å². The number of aryl methyl sites for hydroxylation is 2. The third-order valence-corrected chi connectivity index (χ3v) is 4.75. The van der Waals surface area contributed by atoms with Gasteiger partial charge < -0.3 is 5.32 Å². The van der Waals surface area contributed by atoms with Gasteiger partial charge in [0.25, 0.3) is 5.91 Å². The lowest BCUT2D eigenvalue weighted by Gasteiger charge is -2.07. The molecule has 2 heterocycles. The first-order chi connectivity index (χ1) is 11.6. The molecule has 2 unspecified atom stereocenters. The third kappa shape index (κ3) is 2.66. The normalized spacial score (nSPS) is 19.4. The van der Waals surface area contributed by atoms with Crippen molar-refractivity contribution in [1.29, 1.82) is 0 Å². The summed E-state index contributed by atoms with van der Waals surface area (Å²) >= 11 is 0. The van der Waals surface area contributed by atoms with Crippen LogP contribution in [0.5, 0.6) is 0 Å². The van der Waals surface area contributed by atoms with Gasteiger partial charge in [0.1, 0.15) is 0 Å². The number of rotatable bonds is 4. The molecule has 1 fully saturated rings. The van der Waals surface area contributed by atoms with Gasteiger partial charge in [0.2, 0.25) is 0 Å². The minimum Gasteiger partial charge on any atom is -0.352 e. The van der Waals surface area contributed by atoms with Crippen LogP contribution in [0, 0.1) is 12.8 Å². The number of amides is 1. The molecule has 5 heteroatoms. The van der Waals surface area contributed by atoms with Crippen molar-refractivity contribution in [2.75, 3.05) is 6.54 Å². The second-order valence-electron chi connectivity index (χ2n) is 6.54. The van der Waals surface area contributed by atoms with Crippen LogP contribution in [0.2, 0.25) is 0 Å². The highest BCUT2D eigenvalue weighted by atomic mass is 16.1. The molecule has 0 bridgehead atoms. The molecule has 1 saturated carbocycles. The second-order valence-corrected chi connectivity index (χ2v) is 6.54. The van der Waals surface area contributed by atoms with Gasteiger partial charge in [-0.3, -0.25) is 9.48 Å². The van der Waals surface area contributed by atoms with Crippen LogP contribution in [0.1, 0.15) is 34.0 Å². The lowest BCUT2D eigenvalue weighted by atomic mass is 10.1. The fourth-order valence-electron chi connectivity index (χ4n) is 3.33. The number of hydrogen-bond donors (Lipinski definition) is 1. The Labute approximate surface area is 140 Å². The number of carbonyl (C=O) groups is 1. The molecule has 2 aromatic heterocycles. The van der Waals surface area contributed by atoms with E-state index in [9.17, 15) is 4.79 Å². The van der Waals surface area contributed by atoms with E-state index in [4.69, 9.17) is 0 Å². The Hall–Kier alpha value is -2.69. The van der Waals surface area contributed by atoms with Crippen LogP contribution < -0.4 is 5.32 Å². The van der Waals surface area contributed by atoms with Gasteiger partial charge >= 0.3 is 0 Å². The zero-order valence-electron chi connectivity index (χ0n) is 13.9. The Balaban J connectivity index is 1.46. The van der Waals surface area contributed by atoms with Gasteiger partial charge in [-0.1, -0.05) is 30.3 Å². The summed E-state index contributed by atoms with van der Waals surface area (Å²) < 4.78 is 1.70. The van der Waals surface area contributed by atoms with E-state index in [1.807, 2.05) is 26.1 Å². The smallest absolute Gasteiger partial charge is 0.252 e. The van der Waals surface area contributed by atoms with Gasteiger partial charge in [-0.05, 0) is 36.8 Å². The van der Waals surface area contributed by atoms with Crippen molar-refractivity contribution in [2.24, 2.45) is 13.0 Å². The first-order valence-electron chi connectivity index (χ1n) is 8.26. The van der Waals surface area contributed by atoms with Crippen molar-refractivity contribution in [2.45, 2.75) is 19.3 Å². The average Bonchev–Trinajstić information content (AvgIpc) is 3.29. The van der Waals surface area contributed by atoms with Gasteiger partial charge in [0.05, 0.1) is 17.1 Å². The van der Waals surface area contributed by atoms with E-state index in [1.54, 1.807) is 10.9 Å². The SMILES string of the molecule is Cc1cc(C(=O)NCC2CC2c2ccccc2)c2cnn(C)c2n1. The zero-order valence-corrected chi connectivity index (χ0v) is 13.9. The van der Waals surface area contributed by atoms with Crippen LogP contribution in [-0.4, -0.2) is 27.2 Å². The molecule has 0 spiro atoms. The molecule has 1 aliphatic rings. The number of carbonyl (C=O) groups excluding carboxylic acids is 1. The number of pyridine rings is 1. The Morgan fingerprint density at radius 3 is 2.92 bits per heavy atom. The molecular weight excluding hydrogens is 300 g/mol. The van der Waals surface area contributed by atoms with E-state index >= 15 is 0 Å². The molecule has 1 aliphatic carbocycles. The fraction of sp³-hybridized carbons (Fsp3) is 0.316. The molecule has 0 aliphatic heterocycles. The molecule has 122 valence electrons. The molecule has 4 rings (SSSR count). The summed E-state index contributed by atoms with van der Waals surface area (Å²) in [5.74, 6) is 1.06. The number of hydrogen-bond acceptors (Lipinski definition) is 3. The third-order valence-electron chi connectivity index (χ3n) is 4.75. The lowest BCUT2D eigenvalue weighted by molar-refractivity contribution is 0.0953. The zero-order chi connectivity index (χ0) is 16.7. The molecule has 3 aromatic rings. The topological polar surface area (TPSA) is 59.8 Å². The number of nitrogens with zero attached hydrogens (tertiary/aromatic N) is 3. The minimum atomic E-state index is -0.0442. The first-order valence-corrected chi connectivity index (χ1v) is 8.26. The van der Waals surface area contributed by atoms with Gasteiger partial charge in [-0.2, -0.15) is 5.10 Å². The van der Waals surface area contributed by atoms with Crippen LogP contribution in [0.15, 0.2) is 42.6 Å². The van der Waals surface area contributed by atoms with E-state index in [0.717, 1.165) is 23.1 Å². The predicted molar refractivity (Wildman–Crippen MR) is 92.9 cm³/mol. The minimum absolute atomic E-state index is 0.0442. The average molecular weight is 320 g/mol. The largest absolute Gasteiger partial charge is 0.352 e. The highest BCUT2D eigenvalue weighted by Gasteiger charge is 2.38. The lowest BCUT2D eigenvalue weighted by Crippen LogP contribution is -2.26. The Morgan fingerprint density at radius 1 is 1.33 bits per heavy atom. The molecule has 1 aromatic carbocycles. The molecule has 5 nitrogen and oxygen atoms in total. The van der Waals surface area contributed by atoms with E-state index in [2.05, 4.69) is 39.7 Å². The Kier molecular flexibility index (Phi) is 3.56. The highest BCUT2D eigenvalue weighted by Crippen LogP contribution is 2.46. The van der Waals surface area contributed by atoms with Crippen molar-refractivity contribution in [1.82, 2.24) is 20.1 Å². The summed E-state index contributed by atoms with van der Waals surface area (Å²) in [5.41, 5.74) is 3.59. The number of fused-ring (bicyclic) bond motifs is 1. The van der Waals surface area contributed by atoms with E-state index in [1.165, 1.54) is 5.56 Å². The molecular formula is C19H20N4O. The summed E-state index contributed by atoms with van der Waals surface area (Å²) in [6, 6.07) is 12.3. The summed E-state index contributed by atoms with van der Waals surface area (Å²) in [5, 5.41) is 8.10. The van der Waals surface area contributed by atoms with Gasteiger partial charge in [-0.15, -0.1) is 0 Å². The van der Waals surface area contributed by atoms with Crippen molar-refractivity contribution in [3.05, 3.63) is 59.4 Å². The molecule has 1 amide bonds. The van der Waals surface area contributed by atoms with Gasteiger partial charge in [0, 0.05) is 19.3 Å². The maximum Gasteiger partial charge on any atom is 0.252 e.